The fraction of sp³-hybridized carbons (Fsp3) is 0.273. The van der Waals surface area contributed by atoms with Crippen LogP contribution in [0.3, 0.4) is 0 Å². The molecule has 0 N–H and O–H groups in total. The van der Waals surface area contributed by atoms with E-state index in [1.807, 2.05) is 55.5 Å². The van der Waals surface area contributed by atoms with Crippen molar-refractivity contribution in [2.75, 3.05) is 4.90 Å². The van der Waals surface area contributed by atoms with E-state index in [4.69, 9.17) is 0 Å². The van der Waals surface area contributed by atoms with Crippen LogP contribution in [0.5, 0.6) is 0 Å². The molecular formula is C22H21NO2. The summed E-state index contributed by atoms with van der Waals surface area (Å²) in [7, 11) is 0. The second-order valence-electron chi connectivity index (χ2n) is 6.19. The van der Waals surface area contributed by atoms with E-state index in [9.17, 15) is 9.59 Å². The maximum Gasteiger partial charge on any atom is 0.227 e. The molecular weight excluding hydrogens is 310 g/mol. The van der Waals surface area contributed by atoms with Crippen molar-refractivity contribution >= 4 is 17.4 Å². The summed E-state index contributed by atoms with van der Waals surface area (Å²) < 4.78 is 0. The summed E-state index contributed by atoms with van der Waals surface area (Å²) in [5.41, 5.74) is 3.62. The quantitative estimate of drug-likeness (QED) is 0.774. The van der Waals surface area contributed by atoms with E-state index in [0.717, 1.165) is 28.8 Å². The Morgan fingerprint density at radius 1 is 0.920 bits per heavy atom. The van der Waals surface area contributed by atoms with Crippen LogP contribution < -0.4 is 4.90 Å². The van der Waals surface area contributed by atoms with Crippen molar-refractivity contribution in [3.8, 4) is 11.8 Å². The van der Waals surface area contributed by atoms with E-state index in [2.05, 4.69) is 11.8 Å². The Kier molecular flexibility index (Phi) is 5.30. The Bertz CT molecular complexity index is 858. The third-order valence-electron chi connectivity index (χ3n) is 4.32. The van der Waals surface area contributed by atoms with Gasteiger partial charge < -0.3 is 4.90 Å². The Balaban J connectivity index is 1.92. The van der Waals surface area contributed by atoms with Crippen molar-refractivity contribution in [2.45, 2.75) is 39.2 Å². The van der Waals surface area contributed by atoms with Gasteiger partial charge in [0.05, 0.1) is 12.2 Å². The van der Waals surface area contributed by atoms with Gasteiger partial charge in [0, 0.05) is 30.4 Å². The summed E-state index contributed by atoms with van der Waals surface area (Å²) in [5, 5.41) is 0. The zero-order valence-corrected chi connectivity index (χ0v) is 14.4. The lowest BCUT2D eigenvalue weighted by Crippen LogP contribution is -2.32. The van der Waals surface area contributed by atoms with Crippen LogP contribution in [0.1, 0.15) is 49.3 Å². The smallest absolute Gasteiger partial charge is 0.227 e. The van der Waals surface area contributed by atoms with E-state index in [-0.39, 0.29) is 18.1 Å². The van der Waals surface area contributed by atoms with Crippen molar-refractivity contribution in [1.29, 1.82) is 0 Å². The minimum Gasteiger partial charge on any atom is -0.307 e. The molecule has 0 radical (unpaired) electrons. The molecule has 1 aliphatic heterocycles. The lowest BCUT2D eigenvalue weighted by atomic mass is 10.0. The fourth-order valence-electron chi connectivity index (χ4n) is 2.99. The van der Waals surface area contributed by atoms with Gasteiger partial charge in [-0.15, -0.1) is 0 Å². The fourth-order valence-corrected chi connectivity index (χ4v) is 2.99. The monoisotopic (exact) mass is 331 g/mol. The van der Waals surface area contributed by atoms with Crippen LogP contribution in [0, 0.1) is 11.8 Å². The molecule has 126 valence electrons. The molecule has 0 spiro atoms. The molecule has 0 bridgehead atoms. The Morgan fingerprint density at radius 2 is 1.60 bits per heavy atom. The zero-order chi connectivity index (χ0) is 17.6. The van der Waals surface area contributed by atoms with Crippen LogP contribution in [0.25, 0.3) is 0 Å². The molecule has 0 aromatic heterocycles. The molecule has 0 unspecified atom stereocenters. The number of fused-ring (bicyclic) bond motifs is 2. The number of anilines is 1. The highest BCUT2D eigenvalue weighted by Crippen LogP contribution is 2.26. The number of benzene rings is 2. The molecule has 2 aromatic rings. The number of Topliss-reactive ketones (excluding diaryl/α,β-unsaturated/α-hetero) is 1. The molecule has 3 rings (SSSR count). The minimum absolute atomic E-state index is 0.0320. The van der Waals surface area contributed by atoms with Gasteiger partial charge in [0.2, 0.25) is 5.91 Å². The molecule has 1 heterocycles. The lowest BCUT2D eigenvalue weighted by Gasteiger charge is -2.26. The summed E-state index contributed by atoms with van der Waals surface area (Å²) in [6, 6.07) is 15.6. The topological polar surface area (TPSA) is 37.4 Å². The summed E-state index contributed by atoms with van der Waals surface area (Å²) in [4.78, 5) is 26.4. The molecule has 1 amide bonds. The second-order valence-corrected chi connectivity index (χ2v) is 6.19. The van der Waals surface area contributed by atoms with E-state index < -0.39 is 0 Å². The largest absolute Gasteiger partial charge is 0.307 e. The first kappa shape index (κ1) is 17.0. The van der Waals surface area contributed by atoms with Crippen molar-refractivity contribution in [1.82, 2.24) is 0 Å². The molecule has 3 heteroatoms. The van der Waals surface area contributed by atoms with Gasteiger partial charge in [-0.3, -0.25) is 9.59 Å². The minimum atomic E-state index is -0.0320. The molecule has 3 nitrogen and oxygen atoms in total. The number of hydrogen-bond acceptors (Lipinski definition) is 2. The van der Waals surface area contributed by atoms with Crippen LogP contribution in [-0.4, -0.2) is 11.7 Å². The number of nitrogens with zero attached hydrogens (tertiary/aromatic N) is 1. The summed E-state index contributed by atoms with van der Waals surface area (Å²) in [6.45, 7) is 2.45. The van der Waals surface area contributed by atoms with Crippen molar-refractivity contribution in [3.05, 3.63) is 65.2 Å². The Morgan fingerprint density at radius 3 is 2.40 bits per heavy atom. The molecule has 0 saturated heterocycles. The SMILES string of the molecule is CCCC(=O)CCC(=O)N1Cc2ccccc2C#Cc2ccccc21. The maximum atomic E-state index is 12.9. The van der Waals surface area contributed by atoms with E-state index in [1.54, 1.807) is 4.90 Å². The number of amides is 1. The molecule has 25 heavy (non-hydrogen) atoms. The molecule has 1 aliphatic rings. The van der Waals surface area contributed by atoms with Crippen LogP contribution in [0.4, 0.5) is 5.69 Å². The third kappa shape index (κ3) is 3.97. The highest BCUT2D eigenvalue weighted by molar-refractivity contribution is 5.97. The van der Waals surface area contributed by atoms with Crippen LogP contribution >= 0.6 is 0 Å². The van der Waals surface area contributed by atoms with Crippen molar-refractivity contribution in [2.24, 2.45) is 0 Å². The van der Waals surface area contributed by atoms with E-state index >= 15 is 0 Å². The zero-order valence-electron chi connectivity index (χ0n) is 14.4. The lowest BCUT2D eigenvalue weighted by molar-refractivity contribution is -0.124. The first-order chi connectivity index (χ1) is 12.2. The van der Waals surface area contributed by atoms with Gasteiger partial charge in [-0.25, -0.2) is 0 Å². The highest BCUT2D eigenvalue weighted by Gasteiger charge is 2.21. The normalized spacial score (nSPS) is 12.1. The highest BCUT2D eigenvalue weighted by atomic mass is 16.2. The van der Waals surface area contributed by atoms with Gasteiger partial charge in [-0.1, -0.05) is 49.1 Å². The number of hydrogen-bond donors (Lipinski definition) is 0. The van der Waals surface area contributed by atoms with Crippen LogP contribution in [0.2, 0.25) is 0 Å². The predicted molar refractivity (Wildman–Crippen MR) is 99.2 cm³/mol. The second kappa shape index (κ2) is 7.81. The Hall–Kier alpha value is -2.86. The number of rotatable bonds is 5. The summed E-state index contributed by atoms with van der Waals surface area (Å²) >= 11 is 0. The predicted octanol–water partition coefficient (Wildman–Crippen LogP) is 4.08. The summed E-state index contributed by atoms with van der Waals surface area (Å²) in [6.07, 6.45) is 1.90. The van der Waals surface area contributed by atoms with Crippen LogP contribution in [0.15, 0.2) is 48.5 Å². The molecule has 0 atom stereocenters. The third-order valence-corrected chi connectivity index (χ3v) is 4.32. The number of para-hydroxylation sites is 1. The van der Waals surface area contributed by atoms with Gasteiger partial charge >= 0.3 is 0 Å². The average molecular weight is 331 g/mol. The van der Waals surface area contributed by atoms with Crippen molar-refractivity contribution in [3.63, 3.8) is 0 Å². The average Bonchev–Trinajstić information content (AvgIpc) is 2.62. The van der Waals surface area contributed by atoms with Gasteiger partial charge in [0.15, 0.2) is 0 Å². The number of carbonyl (C=O) groups excluding carboxylic acids is 2. The summed E-state index contributed by atoms with van der Waals surface area (Å²) in [5.74, 6) is 6.50. The van der Waals surface area contributed by atoms with E-state index in [1.165, 1.54) is 0 Å². The van der Waals surface area contributed by atoms with E-state index in [0.29, 0.717) is 19.4 Å². The van der Waals surface area contributed by atoms with Gasteiger partial charge in [0.1, 0.15) is 5.78 Å². The molecule has 0 aliphatic carbocycles. The van der Waals surface area contributed by atoms with Crippen LogP contribution in [-0.2, 0) is 16.1 Å². The number of ketones is 1. The number of carbonyl (C=O) groups is 2. The first-order valence-electron chi connectivity index (χ1n) is 8.70. The Labute approximate surface area is 148 Å². The molecule has 0 saturated carbocycles. The van der Waals surface area contributed by atoms with Gasteiger partial charge in [-0.05, 0) is 30.2 Å². The van der Waals surface area contributed by atoms with Crippen molar-refractivity contribution < 1.29 is 9.59 Å². The first-order valence-corrected chi connectivity index (χ1v) is 8.70. The van der Waals surface area contributed by atoms with Gasteiger partial charge in [-0.2, -0.15) is 0 Å². The molecule has 0 fully saturated rings. The van der Waals surface area contributed by atoms with Gasteiger partial charge in [0.25, 0.3) is 0 Å². The maximum absolute atomic E-state index is 12.9. The molecule has 2 aromatic carbocycles. The standard InChI is InChI=1S/C22H21NO2/c1-2-7-20(24)14-15-22(25)23-16-19-10-4-3-8-17(19)12-13-18-9-5-6-11-21(18)23/h3-6,8-11H,2,7,14-16H2,1H3.